The number of carbonyl (C=O) groups excluding carboxylic acids is 4. The Morgan fingerprint density at radius 2 is 0.522 bits per heavy atom. The lowest BCUT2D eigenvalue weighted by Crippen LogP contribution is -2.36. The average molecular weight is 966 g/mol. The molecule has 1 aromatic rings. The Kier molecular flexibility index (Phi) is 42.9. The van der Waals surface area contributed by atoms with Gasteiger partial charge in [-0.25, -0.2) is 0 Å². The summed E-state index contributed by atoms with van der Waals surface area (Å²) in [6, 6.07) is 3.02. The van der Waals surface area contributed by atoms with Gasteiger partial charge in [0.05, 0.1) is 22.3 Å². The van der Waals surface area contributed by atoms with Crippen LogP contribution in [0.3, 0.4) is 0 Å². The molecule has 4 amide bonds. The fourth-order valence-corrected chi connectivity index (χ4v) is 9.67. The van der Waals surface area contributed by atoms with Crippen LogP contribution in [0.1, 0.15) is 333 Å². The Labute approximate surface area is 426 Å². The first-order valence-corrected chi connectivity index (χ1v) is 30.1. The lowest BCUT2D eigenvalue weighted by atomic mass is 9.94. The number of hydrogen-bond acceptors (Lipinski definition) is 4. The molecule has 0 saturated carbocycles. The van der Waals surface area contributed by atoms with Crippen LogP contribution in [0.2, 0.25) is 0 Å². The predicted molar refractivity (Wildman–Crippen MR) is 297 cm³/mol. The van der Waals surface area contributed by atoms with E-state index in [2.05, 4.69) is 62.8 Å². The third-order valence-electron chi connectivity index (χ3n) is 14.7. The quantitative estimate of drug-likeness (QED) is 0.0487. The maximum absolute atomic E-state index is 14.1. The highest BCUT2D eigenvalue weighted by atomic mass is 16.2. The Morgan fingerprint density at radius 3 is 0.754 bits per heavy atom. The number of rotatable bonds is 49. The van der Waals surface area contributed by atoms with Gasteiger partial charge in [0.25, 0.3) is 23.6 Å². The van der Waals surface area contributed by atoms with E-state index >= 15 is 0 Å². The van der Waals surface area contributed by atoms with Crippen molar-refractivity contribution in [3.05, 3.63) is 34.4 Å². The van der Waals surface area contributed by atoms with E-state index in [-0.39, 0.29) is 45.9 Å². The first-order valence-electron chi connectivity index (χ1n) is 30.1. The summed E-state index contributed by atoms with van der Waals surface area (Å²) in [5.74, 6) is -0.886. The van der Waals surface area contributed by atoms with Crippen molar-refractivity contribution in [1.82, 2.24) is 21.3 Å². The summed E-state index contributed by atoms with van der Waals surface area (Å²) in [6.45, 7) is 15.2. The van der Waals surface area contributed by atoms with Gasteiger partial charge in [-0.1, -0.05) is 266 Å². The molecule has 0 radical (unpaired) electrons. The maximum Gasteiger partial charge on any atom is 0.252 e. The Morgan fingerprint density at radius 1 is 0.304 bits per heavy atom. The van der Waals surface area contributed by atoms with Crippen LogP contribution < -0.4 is 21.3 Å². The van der Waals surface area contributed by atoms with Crippen molar-refractivity contribution in [2.75, 3.05) is 26.2 Å². The molecule has 0 saturated heterocycles. The molecule has 0 aliphatic heterocycles. The summed E-state index contributed by atoms with van der Waals surface area (Å²) in [7, 11) is 0. The van der Waals surface area contributed by atoms with E-state index in [1.165, 1.54) is 173 Å². The summed E-state index contributed by atoms with van der Waals surface area (Å²) >= 11 is 0. The highest BCUT2D eigenvalue weighted by Crippen LogP contribution is 2.22. The molecule has 69 heavy (non-hydrogen) atoms. The van der Waals surface area contributed by atoms with Crippen LogP contribution in [0.5, 0.6) is 0 Å². The van der Waals surface area contributed by atoms with Crippen molar-refractivity contribution in [2.24, 2.45) is 11.8 Å². The van der Waals surface area contributed by atoms with Crippen molar-refractivity contribution in [3.8, 4) is 0 Å². The van der Waals surface area contributed by atoms with Crippen molar-refractivity contribution in [3.63, 3.8) is 0 Å². The third kappa shape index (κ3) is 33.4. The topological polar surface area (TPSA) is 116 Å². The zero-order chi connectivity index (χ0) is 50.4. The second-order valence-corrected chi connectivity index (χ2v) is 21.0. The molecule has 0 spiro atoms. The third-order valence-corrected chi connectivity index (χ3v) is 14.7. The zero-order valence-electron chi connectivity index (χ0n) is 46.3. The lowest BCUT2D eigenvalue weighted by Gasteiger charge is -2.19. The number of amides is 4. The molecular formula is C61H112N4O4. The second-order valence-electron chi connectivity index (χ2n) is 21.0. The standard InChI is InChI=1S/C61H112N4O4/c1-7-13-17-19-21-23-25-27-29-31-33-35-37-39-41-43-47-63-59(67)55-48-54(58(66)62-46-42-40-38-36-34-32-30-28-26-24-22-20-18-14-8-2)56(60(68)64-50-52(11-5)44-15-9-3)49-57(55)61(69)65-51-53(12-6)45-16-10-4/h48-49,52-53H,7-47,50-51H2,1-6H3,(H,62,66)(H,63,67)(H,64,68)(H,65,69). The molecule has 0 aromatic heterocycles. The SMILES string of the molecule is CCCCCCCCCCCCCCCCCCNC(=O)c1cc(C(=O)NCCCCCCCCCCCCCCCCC)c(C(=O)NCC(CC)CCCC)cc1C(=O)NCC(CC)CCCC. The van der Waals surface area contributed by atoms with Crippen LogP contribution in [-0.2, 0) is 0 Å². The van der Waals surface area contributed by atoms with Crippen LogP contribution in [0.4, 0.5) is 0 Å². The fraction of sp³-hybridized carbons (Fsp3) is 0.836. The molecule has 1 rings (SSSR count). The first kappa shape index (κ1) is 64.1. The minimum absolute atomic E-state index is 0.145. The Balaban J connectivity index is 2.97. The molecule has 2 atom stereocenters. The smallest absolute Gasteiger partial charge is 0.252 e. The normalized spacial score (nSPS) is 12.2. The van der Waals surface area contributed by atoms with Gasteiger partial charge < -0.3 is 21.3 Å². The van der Waals surface area contributed by atoms with Crippen LogP contribution in [0.15, 0.2) is 12.1 Å². The number of benzene rings is 1. The number of hydrogen-bond donors (Lipinski definition) is 4. The molecular weight excluding hydrogens is 853 g/mol. The van der Waals surface area contributed by atoms with Crippen LogP contribution in [0, 0.1) is 11.8 Å². The van der Waals surface area contributed by atoms with E-state index in [0.29, 0.717) is 38.0 Å². The Bertz CT molecular complexity index is 1410. The minimum atomic E-state index is -0.384. The monoisotopic (exact) mass is 965 g/mol. The molecule has 4 N–H and O–H groups in total. The zero-order valence-corrected chi connectivity index (χ0v) is 46.3. The van der Waals surface area contributed by atoms with E-state index in [1.807, 2.05) is 0 Å². The van der Waals surface area contributed by atoms with Crippen LogP contribution >= 0.6 is 0 Å². The van der Waals surface area contributed by atoms with Crippen molar-refractivity contribution in [1.29, 1.82) is 0 Å². The van der Waals surface area contributed by atoms with Gasteiger partial charge >= 0.3 is 0 Å². The average Bonchev–Trinajstić information content (AvgIpc) is 3.36. The van der Waals surface area contributed by atoms with E-state index in [9.17, 15) is 19.2 Å². The fourth-order valence-electron chi connectivity index (χ4n) is 9.67. The van der Waals surface area contributed by atoms with E-state index in [4.69, 9.17) is 0 Å². The molecule has 0 aliphatic rings. The van der Waals surface area contributed by atoms with E-state index in [0.717, 1.165) is 89.9 Å². The van der Waals surface area contributed by atoms with Gasteiger partial charge in [0.2, 0.25) is 0 Å². The van der Waals surface area contributed by atoms with E-state index in [1.54, 1.807) is 0 Å². The highest BCUT2D eigenvalue weighted by molar-refractivity contribution is 6.14. The lowest BCUT2D eigenvalue weighted by molar-refractivity contribution is 0.0903. The maximum atomic E-state index is 14.1. The van der Waals surface area contributed by atoms with Gasteiger partial charge in [-0.3, -0.25) is 19.2 Å². The molecule has 0 aliphatic carbocycles. The largest absolute Gasteiger partial charge is 0.352 e. The van der Waals surface area contributed by atoms with Crippen LogP contribution in [-0.4, -0.2) is 49.8 Å². The van der Waals surface area contributed by atoms with Crippen molar-refractivity contribution in [2.45, 2.75) is 292 Å². The Hall–Kier alpha value is -2.90. The van der Waals surface area contributed by atoms with Crippen molar-refractivity contribution >= 4 is 23.6 Å². The molecule has 400 valence electrons. The molecule has 0 heterocycles. The van der Waals surface area contributed by atoms with Gasteiger partial charge in [0, 0.05) is 26.2 Å². The summed E-state index contributed by atoms with van der Waals surface area (Å²) < 4.78 is 0. The summed E-state index contributed by atoms with van der Waals surface area (Å²) in [5.41, 5.74) is 0.584. The molecule has 8 heteroatoms. The van der Waals surface area contributed by atoms with E-state index < -0.39 is 0 Å². The number of carbonyl (C=O) groups is 4. The van der Waals surface area contributed by atoms with Gasteiger partial charge in [-0.2, -0.15) is 0 Å². The van der Waals surface area contributed by atoms with Gasteiger partial charge in [-0.05, 0) is 49.7 Å². The number of nitrogens with one attached hydrogen (secondary N) is 4. The van der Waals surface area contributed by atoms with Gasteiger partial charge in [-0.15, -0.1) is 0 Å². The summed E-state index contributed by atoms with van der Waals surface area (Å²) in [4.78, 5) is 56.3. The summed E-state index contributed by atoms with van der Waals surface area (Å²) in [6.07, 6.45) is 47.9. The predicted octanol–water partition coefficient (Wildman–Crippen LogP) is 17.2. The number of unbranched alkanes of at least 4 members (excludes halogenated alkanes) is 31. The molecule has 0 fully saturated rings. The minimum Gasteiger partial charge on any atom is -0.352 e. The van der Waals surface area contributed by atoms with Crippen molar-refractivity contribution < 1.29 is 19.2 Å². The van der Waals surface area contributed by atoms with Gasteiger partial charge in [0.15, 0.2) is 0 Å². The molecule has 1 aromatic carbocycles. The first-order chi connectivity index (χ1) is 33.8. The highest BCUT2D eigenvalue weighted by Gasteiger charge is 2.27. The van der Waals surface area contributed by atoms with Gasteiger partial charge in [0.1, 0.15) is 0 Å². The molecule has 0 bridgehead atoms. The molecule has 8 nitrogen and oxygen atoms in total. The van der Waals surface area contributed by atoms with Crippen LogP contribution in [0.25, 0.3) is 0 Å². The molecule has 2 unspecified atom stereocenters. The second kappa shape index (κ2) is 46.2. The summed E-state index contributed by atoms with van der Waals surface area (Å²) in [5, 5.41) is 12.4.